The predicted octanol–water partition coefficient (Wildman–Crippen LogP) is 2.35. The minimum atomic E-state index is -0.513. The molecule has 4 rings (SSSR count). The number of ether oxygens (including phenoxy) is 2. The number of amides is 1. The second kappa shape index (κ2) is 8.15. The van der Waals surface area contributed by atoms with Crippen molar-refractivity contribution in [2.75, 3.05) is 49.2 Å². The van der Waals surface area contributed by atoms with Crippen LogP contribution >= 0.6 is 12.2 Å². The van der Waals surface area contributed by atoms with Crippen molar-refractivity contribution >= 4 is 34.7 Å². The number of thiocarbonyl (C=S) groups is 1. The quantitative estimate of drug-likeness (QED) is 0.768. The van der Waals surface area contributed by atoms with Crippen LogP contribution in [-0.4, -0.2) is 56.6 Å². The summed E-state index contributed by atoms with van der Waals surface area (Å²) >= 11 is 5.20. The summed E-state index contributed by atoms with van der Waals surface area (Å²) in [6, 6.07) is 9.26. The number of hydrogen-bond donors (Lipinski definition) is 1. The topological polar surface area (TPSA) is 67.2 Å². The fourth-order valence-corrected chi connectivity index (χ4v) is 3.41. The van der Waals surface area contributed by atoms with E-state index >= 15 is 0 Å². The van der Waals surface area contributed by atoms with Crippen molar-refractivity contribution in [2.24, 2.45) is 0 Å². The maximum absolute atomic E-state index is 14.6. The van der Waals surface area contributed by atoms with Crippen molar-refractivity contribution < 1.29 is 23.1 Å². The zero-order chi connectivity index (χ0) is 19.5. The van der Waals surface area contributed by atoms with E-state index in [0.717, 1.165) is 0 Å². The first-order valence-corrected chi connectivity index (χ1v) is 9.36. The molecule has 2 aliphatic rings. The summed E-state index contributed by atoms with van der Waals surface area (Å²) in [7, 11) is 0. The number of rotatable bonds is 5. The summed E-state index contributed by atoms with van der Waals surface area (Å²) in [4.78, 5) is 16.0. The van der Waals surface area contributed by atoms with Gasteiger partial charge in [0, 0.05) is 19.2 Å². The summed E-state index contributed by atoms with van der Waals surface area (Å²) in [5.74, 6) is 0.0558. The molecule has 0 saturated carbocycles. The third-order valence-corrected chi connectivity index (χ3v) is 4.96. The van der Waals surface area contributed by atoms with Crippen LogP contribution in [0.15, 0.2) is 34.9 Å². The Morgan fingerprint density at radius 3 is 2.89 bits per heavy atom. The number of nitrogens with one attached hydrogen (secondary N) is 1. The molecule has 1 radical (unpaired) electrons. The molecule has 9 heteroatoms. The lowest BCUT2D eigenvalue weighted by Gasteiger charge is -2.29. The van der Waals surface area contributed by atoms with Gasteiger partial charge >= 0.3 is 6.09 Å². The average molecular weight is 404 g/mol. The number of carbonyl (C=O) groups is 1. The molecule has 1 aromatic carbocycles. The lowest BCUT2D eigenvalue weighted by molar-refractivity contribution is 0.122. The Bertz CT molecular complexity index is 855. The molecular weight excluding hydrogens is 385 g/mol. The Balaban J connectivity index is 1.38. The smallest absolute Gasteiger partial charge is 0.414 e. The number of hydrogen-bond acceptors (Lipinski definition) is 6. The van der Waals surface area contributed by atoms with E-state index < -0.39 is 12.2 Å². The van der Waals surface area contributed by atoms with Crippen LogP contribution in [0, 0.1) is 11.9 Å². The molecule has 0 spiro atoms. The molecule has 28 heavy (non-hydrogen) atoms. The number of cyclic esters (lactones) is 1. The summed E-state index contributed by atoms with van der Waals surface area (Å²) in [5, 5.41) is 2.99. The summed E-state index contributed by atoms with van der Waals surface area (Å²) < 4.78 is 30.4. The lowest BCUT2D eigenvalue weighted by atomic mass is 10.2. The summed E-state index contributed by atoms with van der Waals surface area (Å²) in [5.41, 5.74) is 0.974. The summed E-state index contributed by atoms with van der Waals surface area (Å²) in [6.07, 6.45) is 0.554. The average Bonchev–Trinajstić information content (AvgIpc) is 3.37. The molecule has 2 saturated heterocycles. The van der Waals surface area contributed by atoms with Gasteiger partial charge in [0.05, 0.1) is 43.9 Å². The zero-order valence-corrected chi connectivity index (χ0v) is 15.8. The number of nitrogens with zero attached hydrogens (tertiary/aromatic N) is 2. The molecule has 1 N–H and O–H groups in total. The normalized spacial score (nSPS) is 19.6. The molecule has 0 bridgehead atoms. The van der Waals surface area contributed by atoms with Crippen LogP contribution in [0.3, 0.4) is 0 Å². The SMILES string of the molecule is O=C1O[C@@H](CNC(=S)c2[c]cco2)CN1c1ccc(N2CCOCC2)c(F)c1. The van der Waals surface area contributed by atoms with Gasteiger partial charge in [-0.3, -0.25) is 4.90 Å². The van der Waals surface area contributed by atoms with Gasteiger partial charge in [0.25, 0.3) is 0 Å². The van der Waals surface area contributed by atoms with E-state index in [9.17, 15) is 9.18 Å². The van der Waals surface area contributed by atoms with Gasteiger partial charge in [-0.2, -0.15) is 0 Å². The van der Waals surface area contributed by atoms with Crippen LogP contribution in [0.25, 0.3) is 0 Å². The highest BCUT2D eigenvalue weighted by molar-refractivity contribution is 7.80. The molecule has 7 nitrogen and oxygen atoms in total. The van der Waals surface area contributed by atoms with E-state index in [4.69, 9.17) is 26.1 Å². The van der Waals surface area contributed by atoms with Gasteiger partial charge in [-0.05, 0) is 24.3 Å². The standard InChI is InChI=1S/C19H19FN3O4S/c20-15-10-13(3-4-16(15)22-5-8-25-9-6-22)23-12-14(27-19(23)24)11-21-18(28)17-2-1-7-26-17/h1,3-4,7,10,14H,5-6,8-9,11-12H2,(H,21,28)/t14-/m0/s1. The molecule has 2 fully saturated rings. The van der Waals surface area contributed by atoms with Crippen molar-refractivity contribution in [2.45, 2.75) is 6.10 Å². The maximum atomic E-state index is 14.6. The van der Waals surface area contributed by atoms with Crippen molar-refractivity contribution in [1.82, 2.24) is 5.32 Å². The number of furan rings is 1. The monoisotopic (exact) mass is 404 g/mol. The Morgan fingerprint density at radius 2 is 2.18 bits per heavy atom. The Morgan fingerprint density at radius 1 is 1.36 bits per heavy atom. The van der Waals surface area contributed by atoms with Crippen LogP contribution in [-0.2, 0) is 9.47 Å². The molecule has 2 aromatic rings. The van der Waals surface area contributed by atoms with Gasteiger partial charge in [0.2, 0.25) is 0 Å². The highest BCUT2D eigenvalue weighted by Crippen LogP contribution is 2.28. The van der Waals surface area contributed by atoms with Gasteiger partial charge in [-0.15, -0.1) is 0 Å². The molecule has 1 amide bonds. The van der Waals surface area contributed by atoms with E-state index in [2.05, 4.69) is 11.4 Å². The van der Waals surface area contributed by atoms with Crippen LogP contribution in [0.5, 0.6) is 0 Å². The van der Waals surface area contributed by atoms with Gasteiger partial charge in [-0.25, -0.2) is 9.18 Å². The highest BCUT2D eigenvalue weighted by atomic mass is 32.1. The van der Waals surface area contributed by atoms with Crippen molar-refractivity contribution in [3.05, 3.63) is 48.2 Å². The molecule has 1 aromatic heterocycles. The van der Waals surface area contributed by atoms with Gasteiger partial charge < -0.3 is 24.1 Å². The fourth-order valence-electron chi connectivity index (χ4n) is 3.21. The summed E-state index contributed by atoms with van der Waals surface area (Å²) in [6.45, 7) is 3.06. The van der Waals surface area contributed by atoms with E-state index in [1.54, 1.807) is 18.2 Å². The van der Waals surface area contributed by atoms with E-state index in [1.165, 1.54) is 17.2 Å². The minimum Gasteiger partial charge on any atom is -0.461 e. The highest BCUT2D eigenvalue weighted by Gasteiger charge is 2.33. The van der Waals surface area contributed by atoms with Gasteiger partial charge in [0.1, 0.15) is 16.9 Å². The molecule has 0 aliphatic carbocycles. The first-order chi connectivity index (χ1) is 13.6. The molecule has 3 heterocycles. The number of benzene rings is 1. The molecule has 0 unspecified atom stereocenters. The Kier molecular flexibility index (Phi) is 5.45. The van der Waals surface area contributed by atoms with Crippen LogP contribution in [0.2, 0.25) is 0 Å². The Labute approximate surface area is 167 Å². The largest absolute Gasteiger partial charge is 0.461 e. The first-order valence-electron chi connectivity index (χ1n) is 8.95. The molecule has 147 valence electrons. The Hall–Kier alpha value is -2.65. The number of halogens is 1. The number of anilines is 2. The van der Waals surface area contributed by atoms with Crippen molar-refractivity contribution in [3.63, 3.8) is 0 Å². The maximum Gasteiger partial charge on any atom is 0.414 e. The second-order valence-electron chi connectivity index (χ2n) is 6.46. The molecular formula is C19H19FN3O4S. The zero-order valence-electron chi connectivity index (χ0n) is 15.0. The van der Waals surface area contributed by atoms with Crippen molar-refractivity contribution in [3.8, 4) is 0 Å². The second-order valence-corrected chi connectivity index (χ2v) is 6.86. The third-order valence-electron chi connectivity index (χ3n) is 4.63. The van der Waals surface area contributed by atoms with Crippen LogP contribution < -0.4 is 15.1 Å². The van der Waals surface area contributed by atoms with E-state index in [-0.39, 0.29) is 5.82 Å². The van der Waals surface area contributed by atoms with Gasteiger partial charge in [-0.1, -0.05) is 12.2 Å². The van der Waals surface area contributed by atoms with E-state index in [1.807, 2.05) is 4.90 Å². The van der Waals surface area contributed by atoms with Gasteiger partial charge in [0.15, 0.2) is 5.76 Å². The first kappa shape index (κ1) is 18.7. The predicted molar refractivity (Wildman–Crippen MR) is 104 cm³/mol. The number of morpholine rings is 1. The fraction of sp³-hybridized carbons (Fsp3) is 0.368. The van der Waals surface area contributed by atoms with Crippen LogP contribution in [0.1, 0.15) is 5.76 Å². The van der Waals surface area contributed by atoms with Crippen LogP contribution in [0.4, 0.5) is 20.6 Å². The minimum absolute atomic E-state index is 0.298. The van der Waals surface area contributed by atoms with E-state index in [0.29, 0.717) is 61.5 Å². The van der Waals surface area contributed by atoms with Crippen molar-refractivity contribution in [1.29, 1.82) is 0 Å². The third kappa shape index (κ3) is 3.95. The number of carbonyl (C=O) groups excluding carboxylic acids is 1. The molecule has 1 atom stereocenters. The lowest BCUT2D eigenvalue weighted by Crippen LogP contribution is -2.36. The molecule has 2 aliphatic heterocycles.